The quantitative estimate of drug-likeness (QED) is 0.415. The summed E-state index contributed by atoms with van der Waals surface area (Å²) in [6, 6.07) is 5.85. The molecule has 2 atom stereocenters. The van der Waals surface area contributed by atoms with Gasteiger partial charge in [-0.3, -0.25) is 0 Å². The van der Waals surface area contributed by atoms with Gasteiger partial charge in [0.15, 0.2) is 17.0 Å². The summed E-state index contributed by atoms with van der Waals surface area (Å²) in [6.45, 7) is 8.19. The largest absolute Gasteiger partial charge is 0.465 e. The van der Waals surface area contributed by atoms with Gasteiger partial charge in [-0.25, -0.2) is 9.78 Å². The zero-order valence-corrected chi connectivity index (χ0v) is 20.6. The van der Waals surface area contributed by atoms with Crippen molar-refractivity contribution in [3.05, 3.63) is 30.0 Å². The number of nitrogens with zero attached hydrogens (tertiary/aromatic N) is 5. The number of methoxy groups -OCH3 is 1. The number of benzene rings is 1. The minimum absolute atomic E-state index is 0.144. The molecule has 2 N–H and O–H groups in total. The SMILES string of the molecule is COC(=O)c1cc(-c2nc3c(N4CCOCC4C)nc(N4CCOCC4C)nc3[nH]2)c2cc[nH]c2c1. The molecule has 11 heteroatoms. The summed E-state index contributed by atoms with van der Waals surface area (Å²) in [7, 11) is 1.38. The molecule has 4 aromatic rings. The van der Waals surface area contributed by atoms with Crippen LogP contribution in [-0.2, 0) is 14.2 Å². The van der Waals surface area contributed by atoms with Gasteiger partial charge >= 0.3 is 5.97 Å². The average Bonchev–Trinajstić information content (AvgIpc) is 3.55. The van der Waals surface area contributed by atoms with Crippen molar-refractivity contribution in [1.82, 2.24) is 24.9 Å². The van der Waals surface area contributed by atoms with Gasteiger partial charge in [-0.2, -0.15) is 9.97 Å². The van der Waals surface area contributed by atoms with Crippen molar-refractivity contribution in [3.8, 4) is 11.4 Å². The lowest BCUT2D eigenvalue weighted by Crippen LogP contribution is -2.46. The maximum atomic E-state index is 12.4. The van der Waals surface area contributed by atoms with E-state index in [0.29, 0.717) is 61.5 Å². The minimum Gasteiger partial charge on any atom is -0.465 e. The third kappa shape index (κ3) is 3.84. The van der Waals surface area contributed by atoms with E-state index in [-0.39, 0.29) is 12.1 Å². The number of carbonyl (C=O) groups excluding carboxylic acids is 1. The molecule has 0 radical (unpaired) electrons. The number of esters is 1. The number of H-pyrrole nitrogens is 2. The van der Waals surface area contributed by atoms with Crippen LogP contribution in [0.5, 0.6) is 0 Å². The molecule has 0 bridgehead atoms. The van der Waals surface area contributed by atoms with Gasteiger partial charge in [0.1, 0.15) is 5.82 Å². The summed E-state index contributed by atoms with van der Waals surface area (Å²) < 4.78 is 16.3. The monoisotopic (exact) mass is 491 g/mol. The molecule has 0 saturated carbocycles. The molecule has 11 nitrogen and oxygen atoms in total. The molecule has 2 fully saturated rings. The second kappa shape index (κ2) is 9.07. The highest BCUT2D eigenvalue weighted by atomic mass is 16.5. The molecule has 36 heavy (non-hydrogen) atoms. The summed E-state index contributed by atoms with van der Waals surface area (Å²) in [5.74, 6) is 1.64. The number of anilines is 2. The van der Waals surface area contributed by atoms with Crippen molar-refractivity contribution >= 4 is 39.8 Å². The molecule has 2 aliphatic rings. The van der Waals surface area contributed by atoms with E-state index < -0.39 is 5.97 Å². The van der Waals surface area contributed by atoms with Crippen LogP contribution in [0, 0.1) is 0 Å². The van der Waals surface area contributed by atoms with Crippen LogP contribution in [-0.4, -0.2) is 89.6 Å². The van der Waals surface area contributed by atoms with Crippen molar-refractivity contribution in [2.24, 2.45) is 0 Å². The van der Waals surface area contributed by atoms with Crippen molar-refractivity contribution in [2.75, 3.05) is 56.4 Å². The topological polar surface area (TPSA) is 121 Å². The summed E-state index contributed by atoms with van der Waals surface area (Å²) in [5.41, 5.74) is 3.39. The second-order valence-electron chi connectivity index (χ2n) is 9.32. The number of hydrogen-bond donors (Lipinski definition) is 2. The van der Waals surface area contributed by atoms with Gasteiger partial charge in [-0.05, 0) is 32.0 Å². The van der Waals surface area contributed by atoms with E-state index in [9.17, 15) is 4.79 Å². The highest BCUT2D eigenvalue weighted by Gasteiger charge is 2.29. The Hall–Kier alpha value is -3.70. The van der Waals surface area contributed by atoms with Crippen molar-refractivity contribution < 1.29 is 19.0 Å². The first-order valence-corrected chi connectivity index (χ1v) is 12.2. The van der Waals surface area contributed by atoms with E-state index in [1.165, 1.54) is 7.11 Å². The second-order valence-corrected chi connectivity index (χ2v) is 9.32. The maximum Gasteiger partial charge on any atom is 0.337 e. The van der Waals surface area contributed by atoms with E-state index in [4.69, 9.17) is 29.2 Å². The average molecular weight is 492 g/mol. The van der Waals surface area contributed by atoms with Crippen LogP contribution >= 0.6 is 0 Å². The molecule has 2 saturated heterocycles. The number of nitrogens with one attached hydrogen (secondary N) is 2. The Morgan fingerprint density at radius 3 is 2.53 bits per heavy atom. The third-order valence-corrected chi connectivity index (χ3v) is 6.92. The Morgan fingerprint density at radius 2 is 1.81 bits per heavy atom. The highest BCUT2D eigenvalue weighted by molar-refractivity contribution is 6.02. The molecule has 0 spiro atoms. The Kier molecular flexibility index (Phi) is 5.73. The van der Waals surface area contributed by atoms with E-state index >= 15 is 0 Å². The molecule has 2 unspecified atom stereocenters. The number of aromatic nitrogens is 5. The van der Waals surface area contributed by atoms with Crippen LogP contribution in [0.15, 0.2) is 24.4 Å². The number of rotatable bonds is 4. The fraction of sp³-hybridized carbons (Fsp3) is 0.440. The number of ether oxygens (including phenoxy) is 3. The summed E-state index contributed by atoms with van der Waals surface area (Å²) in [4.78, 5) is 38.3. The molecule has 3 aromatic heterocycles. The Morgan fingerprint density at radius 1 is 1.06 bits per heavy atom. The standard InChI is InChI=1S/C25H29N7O4/c1-14-12-35-8-6-31(14)23-20-22(29-25(30-23)32-7-9-36-13-15(32)2)28-21(27-20)18-10-16(24(33)34-3)11-19-17(18)4-5-26-19/h4-5,10-11,14-15,26H,6-9,12-13H2,1-3H3,(H,27,28,29,30). The van der Waals surface area contributed by atoms with Gasteiger partial charge < -0.3 is 34.0 Å². The van der Waals surface area contributed by atoms with Gasteiger partial charge in [0.05, 0.1) is 51.2 Å². The molecule has 6 rings (SSSR count). The first kappa shape index (κ1) is 22.7. The van der Waals surface area contributed by atoms with E-state index in [2.05, 4.69) is 33.6 Å². The zero-order chi connectivity index (χ0) is 24.8. The normalized spacial score (nSPS) is 20.9. The summed E-state index contributed by atoms with van der Waals surface area (Å²) >= 11 is 0. The number of fused-ring (bicyclic) bond motifs is 2. The van der Waals surface area contributed by atoms with Crippen molar-refractivity contribution in [3.63, 3.8) is 0 Å². The van der Waals surface area contributed by atoms with Gasteiger partial charge in [0.25, 0.3) is 0 Å². The fourth-order valence-corrected chi connectivity index (χ4v) is 4.99. The zero-order valence-electron chi connectivity index (χ0n) is 20.6. The van der Waals surface area contributed by atoms with Crippen LogP contribution in [0.4, 0.5) is 11.8 Å². The smallest absolute Gasteiger partial charge is 0.337 e. The molecule has 2 aliphatic heterocycles. The molecule has 1 aromatic carbocycles. The van der Waals surface area contributed by atoms with E-state index in [1.807, 2.05) is 12.3 Å². The summed E-state index contributed by atoms with van der Waals surface area (Å²) in [6.07, 6.45) is 1.84. The predicted octanol–water partition coefficient (Wildman–Crippen LogP) is 2.74. The Labute approximate surface area is 207 Å². The molecule has 0 amide bonds. The Balaban J connectivity index is 1.54. The predicted molar refractivity (Wildman–Crippen MR) is 136 cm³/mol. The van der Waals surface area contributed by atoms with Gasteiger partial charge in [0, 0.05) is 35.8 Å². The fourth-order valence-electron chi connectivity index (χ4n) is 4.99. The lowest BCUT2D eigenvalue weighted by molar-refractivity contribution is 0.0601. The van der Waals surface area contributed by atoms with Gasteiger partial charge in [-0.1, -0.05) is 0 Å². The van der Waals surface area contributed by atoms with Crippen LogP contribution in [0.25, 0.3) is 33.5 Å². The van der Waals surface area contributed by atoms with Crippen LogP contribution < -0.4 is 9.80 Å². The molecular formula is C25H29N7O4. The third-order valence-electron chi connectivity index (χ3n) is 6.92. The molecule has 188 valence electrons. The highest BCUT2D eigenvalue weighted by Crippen LogP contribution is 2.34. The van der Waals surface area contributed by atoms with E-state index in [0.717, 1.165) is 28.8 Å². The van der Waals surface area contributed by atoms with Crippen LogP contribution in [0.2, 0.25) is 0 Å². The van der Waals surface area contributed by atoms with Crippen LogP contribution in [0.3, 0.4) is 0 Å². The Bertz CT molecular complexity index is 1430. The number of hydrogen-bond acceptors (Lipinski definition) is 9. The number of carbonyl (C=O) groups is 1. The first-order chi connectivity index (χ1) is 17.5. The molecule has 5 heterocycles. The number of imidazole rings is 1. The van der Waals surface area contributed by atoms with Gasteiger partial charge in [0.2, 0.25) is 5.95 Å². The van der Waals surface area contributed by atoms with E-state index in [1.54, 1.807) is 12.1 Å². The minimum atomic E-state index is -0.407. The maximum absolute atomic E-state index is 12.4. The number of morpholine rings is 2. The van der Waals surface area contributed by atoms with Crippen LogP contribution in [0.1, 0.15) is 24.2 Å². The molecular weight excluding hydrogens is 462 g/mol. The lowest BCUT2D eigenvalue weighted by atomic mass is 10.1. The van der Waals surface area contributed by atoms with Gasteiger partial charge in [-0.15, -0.1) is 0 Å². The first-order valence-electron chi connectivity index (χ1n) is 12.2. The lowest BCUT2D eigenvalue weighted by Gasteiger charge is -2.36. The van der Waals surface area contributed by atoms with Crippen molar-refractivity contribution in [2.45, 2.75) is 25.9 Å². The van der Waals surface area contributed by atoms with Crippen molar-refractivity contribution in [1.29, 1.82) is 0 Å². The summed E-state index contributed by atoms with van der Waals surface area (Å²) in [5, 5.41) is 0.943. The molecule has 0 aliphatic carbocycles. The number of aromatic amines is 2.